The summed E-state index contributed by atoms with van der Waals surface area (Å²) in [6.45, 7) is 1.53. The first-order valence-corrected chi connectivity index (χ1v) is 9.36. The maximum Gasteiger partial charge on any atom is 0.328 e. The Kier molecular flexibility index (Phi) is 6.39. The van der Waals surface area contributed by atoms with Crippen molar-refractivity contribution >= 4 is 58.7 Å². The van der Waals surface area contributed by atoms with Crippen LogP contribution in [0.25, 0.3) is 6.08 Å². The first-order chi connectivity index (χ1) is 14.2. The van der Waals surface area contributed by atoms with Crippen molar-refractivity contribution in [2.24, 2.45) is 0 Å². The minimum Gasteiger partial charge on any atom is -0.481 e. The molecule has 2 aromatic carbocycles. The fourth-order valence-corrected chi connectivity index (χ4v) is 3.22. The Morgan fingerprint density at radius 2 is 1.67 bits per heavy atom. The largest absolute Gasteiger partial charge is 0.481 e. The normalized spacial score (nSPS) is 13.4. The van der Waals surface area contributed by atoms with Crippen LogP contribution in [-0.4, -0.2) is 30.4 Å². The van der Waals surface area contributed by atoms with Crippen LogP contribution in [0.4, 0.5) is 10.5 Å². The zero-order chi connectivity index (χ0) is 21.8. The lowest BCUT2D eigenvalue weighted by molar-refractivity contribution is -0.124. The fourth-order valence-electron chi connectivity index (χ4n) is 2.61. The summed E-state index contributed by atoms with van der Waals surface area (Å²) in [5, 5.41) is 6.80. The van der Waals surface area contributed by atoms with Crippen LogP contribution in [0, 0.1) is 6.92 Å². The molecule has 0 aromatic heterocycles. The third-order valence-electron chi connectivity index (χ3n) is 4.04. The number of amides is 5. The molecule has 154 valence electrons. The minimum atomic E-state index is -0.897. The van der Waals surface area contributed by atoms with Gasteiger partial charge < -0.3 is 10.1 Å². The molecule has 0 radical (unpaired) electrons. The number of benzene rings is 2. The molecule has 0 atom stereocenters. The first kappa shape index (κ1) is 21.4. The van der Waals surface area contributed by atoms with Crippen molar-refractivity contribution in [3.63, 3.8) is 0 Å². The average Bonchev–Trinajstić information content (AvgIpc) is 2.66. The van der Waals surface area contributed by atoms with Crippen LogP contribution in [0.2, 0.25) is 10.0 Å². The Bertz CT molecular complexity index is 1050. The van der Waals surface area contributed by atoms with Crippen LogP contribution in [0.3, 0.4) is 0 Å². The number of anilines is 1. The molecule has 0 unspecified atom stereocenters. The molecule has 10 heteroatoms. The summed E-state index contributed by atoms with van der Waals surface area (Å²) in [5.74, 6) is -2.01. The average molecular weight is 448 g/mol. The lowest BCUT2D eigenvalue weighted by Crippen LogP contribution is -2.51. The Morgan fingerprint density at radius 1 is 1.07 bits per heavy atom. The number of aryl methyl sites for hydroxylation is 1. The number of hydrogen-bond donors (Lipinski definition) is 3. The van der Waals surface area contributed by atoms with E-state index in [0.29, 0.717) is 11.3 Å². The highest BCUT2D eigenvalue weighted by Crippen LogP contribution is 2.35. The molecule has 1 heterocycles. The van der Waals surface area contributed by atoms with E-state index in [0.717, 1.165) is 5.56 Å². The topological polar surface area (TPSA) is 114 Å². The molecule has 0 aliphatic carbocycles. The van der Waals surface area contributed by atoms with E-state index >= 15 is 0 Å². The SMILES string of the molecule is Cc1ccccc1NC(=O)COc1c(Cl)cc(C=C2C(=O)NC(=O)NC2=O)cc1Cl. The van der Waals surface area contributed by atoms with Gasteiger partial charge in [-0.3, -0.25) is 25.0 Å². The smallest absolute Gasteiger partial charge is 0.328 e. The van der Waals surface area contributed by atoms with Crippen molar-refractivity contribution < 1.29 is 23.9 Å². The van der Waals surface area contributed by atoms with Gasteiger partial charge in [-0.25, -0.2) is 4.79 Å². The van der Waals surface area contributed by atoms with Crippen LogP contribution in [0.5, 0.6) is 5.75 Å². The second kappa shape index (κ2) is 8.98. The highest BCUT2D eigenvalue weighted by molar-refractivity contribution is 6.37. The van der Waals surface area contributed by atoms with Crippen molar-refractivity contribution in [1.29, 1.82) is 0 Å². The zero-order valence-electron chi connectivity index (χ0n) is 15.5. The molecule has 3 N–H and O–H groups in total. The summed E-state index contributed by atoms with van der Waals surface area (Å²) in [6, 6.07) is 9.20. The maximum absolute atomic E-state index is 12.1. The summed E-state index contributed by atoms with van der Waals surface area (Å²) in [4.78, 5) is 46.9. The van der Waals surface area contributed by atoms with Gasteiger partial charge in [0.2, 0.25) is 0 Å². The van der Waals surface area contributed by atoms with Crippen LogP contribution >= 0.6 is 23.2 Å². The molecule has 0 spiro atoms. The lowest BCUT2D eigenvalue weighted by atomic mass is 10.1. The minimum absolute atomic E-state index is 0.0748. The number of nitrogens with one attached hydrogen (secondary N) is 3. The predicted octanol–water partition coefficient (Wildman–Crippen LogP) is 3.07. The number of carbonyl (C=O) groups is 4. The maximum atomic E-state index is 12.1. The molecular formula is C20H15Cl2N3O5. The van der Waals surface area contributed by atoms with Gasteiger partial charge in [-0.05, 0) is 42.3 Å². The number of imide groups is 2. The zero-order valence-corrected chi connectivity index (χ0v) is 17.1. The lowest BCUT2D eigenvalue weighted by Gasteiger charge is -2.15. The Morgan fingerprint density at radius 3 is 2.27 bits per heavy atom. The van der Waals surface area contributed by atoms with Gasteiger partial charge in [0, 0.05) is 5.69 Å². The van der Waals surface area contributed by atoms with Crippen molar-refractivity contribution in [2.75, 3.05) is 11.9 Å². The van der Waals surface area contributed by atoms with Crippen molar-refractivity contribution in [3.8, 4) is 5.75 Å². The van der Waals surface area contributed by atoms with Crippen molar-refractivity contribution in [2.45, 2.75) is 6.92 Å². The Balaban J connectivity index is 1.72. The number of barbiturate groups is 1. The number of carbonyl (C=O) groups excluding carboxylic acids is 4. The molecule has 1 aliphatic rings. The number of rotatable bonds is 5. The van der Waals surface area contributed by atoms with Gasteiger partial charge in [0.25, 0.3) is 17.7 Å². The molecule has 1 fully saturated rings. The summed E-state index contributed by atoms with van der Waals surface area (Å²) in [6.07, 6.45) is 1.23. The molecule has 0 saturated carbocycles. The quantitative estimate of drug-likeness (QED) is 0.481. The van der Waals surface area contributed by atoms with Gasteiger partial charge in [0.1, 0.15) is 5.57 Å². The number of para-hydroxylation sites is 1. The molecule has 3 rings (SSSR count). The summed E-state index contributed by atoms with van der Waals surface area (Å²) in [7, 11) is 0. The summed E-state index contributed by atoms with van der Waals surface area (Å²) in [5.41, 5.74) is 1.61. The number of halogens is 2. The molecule has 8 nitrogen and oxygen atoms in total. The predicted molar refractivity (Wildman–Crippen MR) is 111 cm³/mol. The van der Waals surface area contributed by atoms with E-state index in [-0.39, 0.29) is 28.0 Å². The first-order valence-electron chi connectivity index (χ1n) is 8.60. The number of urea groups is 1. The van der Waals surface area contributed by atoms with E-state index in [1.54, 1.807) is 12.1 Å². The van der Waals surface area contributed by atoms with E-state index in [2.05, 4.69) is 5.32 Å². The molecular weight excluding hydrogens is 433 g/mol. The highest BCUT2D eigenvalue weighted by atomic mass is 35.5. The standard InChI is InChI=1S/C20H15Cl2N3O5/c1-10-4-2-3-5-15(10)23-16(26)9-30-17-13(21)7-11(8-14(17)22)6-12-18(27)24-20(29)25-19(12)28/h2-8H,9H2,1H3,(H,23,26)(H2,24,25,27,28,29). The molecule has 0 bridgehead atoms. The van der Waals surface area contributed by atoms with E-state index in [9.17, 15) is 19.2 Å². The van der Waals surface area contributed by atoms with Gasteiger partial charge in [-0.15, -0.1) is 0 Å². The highest BCUT2D eigenvalue weighted by Gasteiger charge is 2.27. The molecule has 1 aliphatic heterocycles. The monoisotopic (exact) mass is 447 g/mol. The van der Waals surface area contributed by atoms with Crippen molar-refractivity contribution in [1.82, 2.24) is 10.6 Å². The van der Waals surface area contributed by atoms with Gasteiger partial charge >= 0.3 is 6.03 Å². The second-order valence-corrected chi connectivity index (χ2v) is 7.08. The van der Waals surface area contributed by atoms with E-state index in [1.165, 1.54) is 18.2 Å². The van der Waals surface area contributed by atoms with Crippen LogP contribution in [0.15, 0.2) is 42.0 Å². The van der Waals surface area contributed by atoms with Gasteiger partial charge in [-0.1, -0.05) is 41.4 Å². The second-order valence-electron chi connectivity index (χ2n) is 6.26. The van der Waals surface area contributed by atoms with Gasteiger partial charge in [0.15, 0.2) is 12.4 Å². The third kappa shape index (κ3) is 4.97. The Hall–Kier alpha value is -3.36. The molecule has 1 saturated heterocycles. The molecule has 2 aromatic rings. The number of hydrogen-bond acceptors (Lipinski definition) is 5. The van der Waals surface area contributed by atoms with Crippen molar-refractivity contribution in [3.05, 3.63) is 63.1 Å². The van der Waals surface area contributed by atoms with Crippen LogP contribution in [-0.2, 0) is 14.4 Å². The Labute approximate surface area is 181 Å². The van der Waals surface area contributed by atoms with Gasteiger partial charge in [0.05, 0.1) is 10.0 Å². The summed E-state index contributed by atoms with van der Waals surface area (Å²) >= 11 is 12.4. The molecule has 30 heavy (non-hydrogen) atoms. The van der Waals surface area contributed by atoms with Crippen LogP contribution in [0.1, 0.15) is 11.1 Å². The fraction of sp³-hybridized carbons (Fsp3) is 0.100. The van der Waals surface area contributed by atoms with Crippen LogP contribution < -0.4 is 20.7 Å². The van der Waals surface area contributed by atoms with E-state index in [1.807, 2.05) is 29.7 Å². The van der Waals surface area contributed by atoms with Gasteiger partial charge in [-0.2, -0.15) is 0 Å². The summed E-state index contributed by atoms with van der Waals surface area (Å²) < 4.78 is 5.44. The third-order valence-corrected chi connectivity index (χ3v) is 4.60. The van der Waals surface area contributed by atoms with E-state index < -0.39 is 23.8 Å². The molecule has 5 amide bonds. The van der Waals surface area contributed by atoms with E-state index in [4.69, 9.17) is 27.9 Å². The number of ether oxygens (including phenoxy) is 1.